The fourth-order valence-corrected chi connectivity index (χ4v) is 11.7. The fraction of sp³-hybridized carbons (Fsp3) is 0.667. The first-order valence-corrected chi connectivity index (χ1v) is 16.1. The van der Waals surface area contributed by atoms with E-state index in [1.54, 1.807) is 0 Å². The molecule has 2 rings (SSSR count). The van der Waals surface area contributed by atoms with Gasteiger partial charge in [-0.3, -0.25) is 0 Å². The monoisotopic (exact) mass is 549 g/mol. The van der Waals surface area contributed by atoms with Crippen molar-refractivity contribution in [3.05, 3.63) is 60.7 Å². The Bertz CT molecular complexity index is 889. The zero-order valence-corrected chi connectivity index (χ0v) is 28.9. The standard InChI is InChI=1S/2C18H29O.Al/c2*1-14(13-19-15-11-9-8-10-12-15)16(17(2,3)4)18(5,6)7;/h2*8-12,14H,13H2,1-7H3;. The van der Waals surface area contributed by atoms with Crippen LogP contribution < -0.4 is 9.47 Å². The molecule has 0 aliphatic carbocycles. The summed E-state index contributed by atoms with van der Waals surface area (Å²) in [4.78, 5) is 0. The molecule has 2 aromatic rings. The maximum absolute atomic E-state index is 6.50. The maximum Gasteiger partial charge on any atom is 0.225 e. The molecule has 0 spiro atoms. The van der Waals surface area contributed by atoms with Gasteiger partial charge in [0.25, 0.3) is 0 Å². The van der Waals surface area contributed by atoms with Crippen molar-refractivity contribution in [3.63, 3.8) is 0 Å². The van der Waals surface area contributed by atoms with Crippen LogP contribution in [-0.4, -0.2) is 28.4 Å². The molecule has 0 aliphatic rings. The van der Waals surface area contributed by atoms with Gasteiger partial charge in [-0.1, -0.05) is 142 Å². The summed E-state index contributed by atoms with van der Waals surface area (Å²) < 4.78 is 13.1. The van der Waals surface area contributed by atoms with Crippen LogP contribution in [0.15, 0.2) is 60.7 Å². The molecule has 0 bridgehead atoms. The van der Waals surface area contributed by atoms with E-state index in [9.17, 15) is 0 Å². The normalized spacial score (nSPS) is 15.4. The highest BCUT2D eigenvalue weighted by Crippen LogP contribution is 2.72. The third-order valence-corrected chi connectivity index (χ3v) is 15.0. The maximum atomic E-state index is 6.50. The van der Waals surface area contributed by atoms with E-state index in [1.165, 1.54) is 0 Å². The lowest BCUT2D eigenvalue weighted by atomic mass is 9.59. The molecule has 2 unspecified atom stereocenters. The summed E-state index contributed by atoms with van der Waals surface area (Å²) in [7, 11) is 0. The van der Waals surface area contributed by atoms with Crippen molar-refractivity contribution < 1.29 is 9.47 Å². The first kappa shape index (κ1) is 33.8. The average molecular weight is 550 g/mol. The Morgan fingerprint density at radius 1 is 0.487 bits per heavy atom. The number of rotatable bonds is 10. The predicted octanol–water partition coefficient (Wildman–Crippen LogP) is 10.6. The second kappa shape index (κ2) is 12.2. The summed E-state index contributed by atoms with van der Waals surface area (Å²) in [5.74, 6) is 2.63. The van der Waals surface area contributed by atoms with Gasteiger partial charge in [0.2, 0.25) is 15.2 Å². The van der Waals surface area contributed by atoms with Gasteiger partial charge in [-0.2, -0.15) is 0 Å². The summed E-state index contributed by atoms with van der Waals surface area (Å²) in [6.07, 6.45) is 0. The van der Waals surface area contributed by atoms with Crippen LogP contribution in [0, 0.1) is 33.5 Å². The van der Waals surface area contributed by atoms with E-state index in [-0.39, 0.29) is 45.4 Å². The largest absolute Gasteiger partial charge is 0.493 e. The lowest BCUT2D eigenvalue weighted by molar-refractivity contribution is 0.00695. The highest BCUT2D eigenvalue weighted by atomic mass is 27.1. The Balaban J connectivity index is 2.69. The molecule has 217 valence electrons. The van der Waals surface area contributed by atoms with Gasteiger partial charge in [-0.15, -0.1) is 0 Å². The topological polar surface area (TPSA) is 18.5 Å². The first-order valence-electron chi connectivity index (χ1n) is 14.9. The van der Waals surface area contributed by atoms with E-state index < -0.39 is 0 Å². The molecule has 3 heteroatoms. The third-order valence-electron chi connectivity index (χ3n) is 9.46. The van der Waals surface area contributed by atoms with E-state index in [4.69, 9.17) is 9.47 Å². The Morgan fingerprint density at radius 3 is 0.974 bits per heavy atom. The van der Waals surface area contributed by atoms with Gasteiger partial charge in [-0.25, -0.2) is 0 Å². The molecule has 0 aliphatic heterocycles. The molecule has 0 N–H and O–H groups in total. The zero-order valence-electron chi connectivity index (χ0n) is 27.7. The Hall–Kier alpha value is -1.43. The molecule has 1 radical (unpaired) electrons. The predicted molar refractivity (Wildman–Crippen MR) is 171 cm³/mol. The van der Waals surface area contributed by atoms with Crippen molar-refractivity contribution in [3.8, 4) is 11.5 Å². The molecule has 2 nitrogen and oxygen atoms in total. The van der Waals surface area contributed by atoms with Crippen LogP contribution in [0.2, 0.25) is 8.55 Å². The number of benzene rings is 2. The number of para-hydroxylation sites is 2. The fourth-order valence-electron chi connectivity index (χ4n) is 8.46. The highest BCUT2D eigenvalue weighted by molar-refractivity contribution is 6.46. The minimum absolute atomic E-state index is 0.0519. The SMILES string of the molecule is CC(COc1ccccc1)[C]([Al][C](C(C)COc1ccccc1)(C(C)(C)C)C(C)(C)C)(C(C)(C)C)C(C)(C)C. The van der Waals surface area contributed by atoms with Gasteiger partial charge in [0, 0.05) is 0 Å². The molecule has 2 atom stereocenters. The Kier molecular flexibility index (Phi) is 10.6. The molecular formula is C36H58AlO2. The van der Waals surface area contributed by atoms with Gasteiger partial charge < -0.3 is 9.47 Å². The Morgan fingerprint density at radius 2 is 0.744 bits per heavy atom. The minimum atomic E-state index is -0.0750. The third kappa shape index (κ3) is 7.08. The second-order valence-electron chi connectivity index (χ2n) is 15.9. The summed E-state index contributed by atoms with van der Waals surface area (Å²) in [5, 5.41) is 0. The van der Waals surface area contributed by atoms with Gasteiger partial charge in [-0.05, 0) is 57.8 Å². The van der Waals surface area contributed by atoms with Gasteiger partial charge >= 0.3 is 0 Å². The quantitative estimate of drug-likeness (QED) is 0.274. The zero-order chi connectivity index (χ0) is 29.9. The van der Waals surface area contributed by atoms with Crippen molar-refractivity contribution in [1.29, 1.82) is 0 Å². The van der Waals surface area contributed by atoms with Crippen molar-refractivity contribution in [2.45, 2.75) is 105 Å². The number of hydrogen-bond donors (Lipinski definition) is 0. The van der Waals surface area contributed by atoms with Crippen LogP contribution in [0.3, 0.4) is 0 Å². The smallest absolute Gasteiger partial charge is 0.225 e. The first-order chi connectivity index (χ1) is 17.7. The molecular weight excluding hydrogens is 491 g/mol. The molecule has 39 heavy (non-hydrogen) atoms. The summed E-state index contributed by atoms with van der Waals surface area (Å²) in [6, 6.07) is 20.6. The van der Waals surface area contributed by atoms with Crippen LogP contribution in [-0.2, 0) is 0 Å². The molecule has 0 amide bonds. The van der Waals surface area contributed by atoms with E-state index in [2.05, 4.69) is 158 Å². The molecule has 0 saturated heterocycles. The molecule has 0 aromatic heterocycles. The summed E-state index contributed by atoms with van der Waals surface area (Å²) in [5.41, 5.74) is 0.285. The van der Waals surface area contributed by atoms with Crippen LogP contribution >= 0.6 is 0 Å². The van der Waals surface area contributed by atoms with E-state index in [0.717, 1.165) is 11.5 Å². The van der Waals surface area contributed by atoms with E-state index in [1.807, 2.05) is 0 Å². The minimum Gasteiger partial charge on any atom is -0.493 e. The van der Waals surface area contributed by atoms with Crippen LogP contribution in [0.25, 0.3) is 0 Å². The molecule has 2 aromatic carbocycles. The molecule has 0 heterocycles. The van der Waals surface area contributed by atoms with Crippen LogP contribution in [0.4, 0.5) is 0 Å². The van der Waals surface area contributed by atoms with Crippen molar-refractivity contribution in [1.82, 2.24) is 0 Å². The van der Waals surface area contributed by atoms with Crippen molar-refractivity contribution in [2.24, 2.45) is 33.5 Å². The van der Waals surface area contributed by atoms with Crippen molar-refractivity contribution >= 4 is 15.2 Å². The van der Waals surface area contributed by atoms with Gasteiger partial charge in [0.1, 0.15) is 11.5 Å². The molecule has 0 saturated carbocycles. The molecule has 0 fully saturated rings. The summed E-state index contributed by atoms with van der Waals surface area (Å²) in [6.45, 7) is 36.1. The van der Waals surface area contributed by atoms with Crippen LogP contribution in [0.1, 0.15) is 96.9 Å². The highest BCUT2D eigenvalue weighted by Gasteiger charge is 2.64. The van der Waals surface area contributed by atoms with Crippen LogP contribution in [0.5, 0.6) is 11.5 Å². The van der Waals surface area contributed by atoms with E-state index >= 15 is 0 Å². The lowest BCUT2D eigenvalue weighted by Crippen LogP contribution is -2.60. The second-order valence-corrected chi connectivity index (χ2v) is 18.0. The van der Waals surface area contributed by atoms with E-state index in [0.29, 0.717) is 25.0 Å². The lowest BCUT2D eigenvalue weighted by Gasteiger charge is -2.67. The van der Waals surface area contributed by atoms with Gasteiger partial charge in [0.15, 0.2) is 0 Å². The Labute approximate surface area is 248 Å². The van der Waals surface area contributed by atoms with Gasteiger partial charge in [0.05, 0.1) is 13.2 Å². The average Bonchev–Trinajstić information content (AvgIpc) is 2.79. The summed E-state index contributed by atoms with van der Waals surface area (Å²) >= 11 is -0.0750. The number of ether oxygens (including phenoxy) is 2. The number of hydrogen-bond acceptors (Lipinski definition) is 2. The van der Waals surface area contributed by atoms with Crippen molar-refractivity contribution in [2.75, 3.05) is 13.2 Å².